The van der Waals surface area contributed by atoms with Crippen LogP contribution in [0.25, 0.3) is 0 Å². The summed E-state index contributed by atoms with van der Waals surface area (Å²) in [6, 6.07) is 0. The van der Waals surface area contributed by atoms with Crippen molar-refractivity contribution in [2.45, 2.75) is 38.6 Å². The number of hydrogen-bond donors (Lipinski definition) is 1. The molecule has 0 unspecified atom stereocenters. The third-order valence-electron chi connectivity index (χ3n) is 2.44. The Bertz CT molecular complexity index is 335. The van der Waals surface area contributed by atoms with E-state index < -0.39 is 0 Å². The highest BCUT2D eigenvalue weighted by Crippen LogP contribution is 2.42. The summed E-state index contributed by atoms with van der Waals surface area (Å²) in [6.45, 7) is 4.14. The second-order valence-corrected chi connectivity index (χ2v) is 6.12. The maximum Gasteiger partial charge on any atom is 0.0458 e. The molecule has 0 amide bonds. The lowest BCUT2D eigenvalue weighted by molar-refractivity contribution is 0.564. The fraction of sp³-hybridized carbons (Fsp3) is 0.600. The van der Waals surface area contributed by atoms with Crippen LogP contribution in [0.3, 0.4) is 0 Å². The van der Waals surface area contributed by atoms with Crippen LogP contribution >= 0.6 is 27.3 Å². The second kappa shape index (κ2) is 3.07. The predicted molar refractivity (Wildman–Crippen MR) is 61.3 cm³/mol. The molecule has 1 aliphatic rings. The molecule has 72 valence electrons. The second-order valence-electron chi connectivity index (χ2n) is 4.22. The van der Waals surface area contributed by atoms with Crippen molar-refractivity contribution >= 4 is 27.3 Å². The van der Waals surface area contributed by atoms with Gasteiger partial charge in [0.05, 0.1) is 0 Å². The quantitative estimate of drug-likeness (QED) is 0.824. The first-order valence-corrected chi connectivity index (χ1v) is 6.20. The van der Waals surface area contributed by atoms with E-state index in [1.165, 1.54) is 34.2 Å². The van der Waals surface area contributed by atoms with Crippen molar-refractivity contribution in [1.29, 1.82) is 0 Å². The molecule has 0 fully saturated rings. The van der Waals surface area contributed by atoms with Crippen molar-refractivity contribution in [3.63, 3.8) is 0 Å². The molecule has 1 heterocycles. The molecule has 1 aliphatic carbocycles. The van der Waals surface area contributed by atoms with Gasteiger partial charge in [0.15, 0.2) is 0 Å². The Kier molecular flexibility index (Phi) is 2.29. The monoisotopic (exact) mass is 259 g/mol. The van der Waals surface area contributed by atoms with Gasteiger partial charge < -0.3 is 5.73 Å². The van der Waals surface area contributed by atoms with Gasteiger partial charge in [-0.3, -0.25) is 0 Å². The summed E-state index contributed by atoms with van der Waals surface area (Å²) in [4.78, 5) is 2.84. The van der Waals surface area contributed by atoms with Crippen LogP contribution in [0.2, 0.25) is 0 Å². The van der Waals surface area contributed by atoms with Gasteiger partial charge in [0.2, 0.25) is 0 Å². The van der Waals surface area contributed by atoms with Gasteiger partial charge in [-0.05, 0) is 54.6 Å². The number of aryl methyl sites for hydroxylation is 1. The van der Waals surface area contributed by atoms with Crippen molar-refractivity contribution in [3.05, 3.63) is 19.8 Å². The van der Waals surface area contributed by atoms with Crippen LogP contribution in [0.5, 0.6) is 0 Å². The number of thiophene rings is 1. The highest BCUT2D eigenvalue weighted by Gasteiger charge is 2.27. The summed E-state index contributed by atoms with van der Waals surface area (Å²) in [5, 5.41) is 0. The van der Waals surface area contributed by atoms with Crippen molar-refractivity contribution in [1.82, 2.24) is 0 Å². The van der Waals surface area contributed by atoms with Crippen molar-refractivity contribution in [3.8, 4) is 0 Å². The van der Waals surface area contributed by atoms with E-state index in [9.17, 15) is 0 Å². The SMILES string of the molecule is CC(C)(N)c1sc2c(c1Br)CCC2. The Labute approximate surface area is 91.5 Å². The number of hydrogen-bond acceptors (Lipinski definition) is 2. The standard InChI is InChI=1S/C10H14BrNS/c1-10(2,12)9-8(11)6-4-3-5-7(6)13-9/h3-5,12H2,1-2H3. The maximum atomic E-state index is 6.10. The molecule has 0 aliphatic heterocycles. The number of nitrogens with two attached hydrogens (primary N) is 1. The van der Waals surface area contributed by atoms with E-state index in [0.717, 1.165) is 0 Å². The van der Waals surface area contributed by atoms with Crippen LogP contribution in [0, 0.1) is 0 Å². The minimum absolute atomic E-state index is 0.201. The lowest BCUT2D eigenvalue weighted by Gasteiger charge is -2.17. The topological polar surface area (TPSA) is 26.0 Å². The first-order valence-electron chi connectivity index (χ1n) is 4.59. The van der Waals surface area contributed by atoms with Gasteiger partial charge in [0.1, 0.15) is 0 Å². The summed E-state index contributed by atoms with van der Waals surface area (Å²) in [7, 11) is 0. The Balaban J connectivity index is 2.51. The van der Waals surface area contributed by atoms with Gasteiger partial charge in [-0.25, -0.2) is 0 Å². The summed E-state index contributed by atoms with van der Waals surface area (Å²) in [5.41, 5.74) is 7.41. The van der Waals surface area contributed by atoms with Gasteiger partial charge in [-0.1, -0.05) is 0 Å². The van der Waals surface area contributed by atoms with Crippen LogP contribution in [0.1, 0.15) is 35.6 Å². The Morgan fingerprint density at radius 3 is 2.62 bits per heavy atom. The zero-order chi connectivity index (χ0) is 9.64. The average Bonchev–Trinajstić information content (AvgIpc) is 2.51. The van der Waals surface area contributed by atoms with E-state index >= 15 is 0 Å². The number of halogens is 1. The van der Waals surface area contributed by atoms with Crippen LogP contribution in [0.15, 0.2) is 4.47 Å². The minimum Gasteiger partial charge on any atom is -0.321 e. The molecular formula is C10H14BrNS. The maximum absolute atomic E-state index is 6.10. The van der Waals surface area contributed by atoms with Crippen molar-refractivity contribution < 1.29 is 0 Å². The average molecular weight is 260 g/mol. The molecule has 13 heavy (non-hydrogen) atoms. The lowest BCUT2D eigenvalue weighted by Crippen LogP contribution is -2.27. The van der Waals surface area contributed by atoms with E-state index in [-0.39, 0.29) is 5.54 Å². The van der Waals surface area contributed by atoms with Crippen LogP contribution in [0.4, 0.5) is 0 Å². The van der Waals surface area contributed by atoms with Crippen LogP contribution in [-0.2, 0) is 18.4 Å². The fourth-order valence-corrected chi connectivity index (χ4v) is 4.40. The third kappa shape index (κ3) is 1.58. The van der Waals surface area contributed by atoms with E-state index in [2.05, 4.69) is 29.8 Å². The summed E-state index contributed by atoms with van der Waals surface area (Å²) in [6.07, 6.45) is 3.78. The Hall–Kier alpha value is 0.140. The summed E-state index contributed by atoms with van der Waals surface area (Å²) < 4.78 is 1.28. The first-order chi connectivity index (χ1) is 6.00. The van der Waals surface area contributed by atoms with Gasteiger partial charge in [0.25, 0.3) is 0 Å². The molecule has 2 rings (SSSR count). The molecule has 0 atom stereocenters. The summed E-state index contributed by atoms with van der Waals surface area (Å²) >= 11 is 5.55. The zero-order valence-electron chi connectivity index (χ0n) is 7.98. The Morgan fingerprint density at radius 1 is 1.38 bits per heavy atom. The van der Waals surface area contributed by atoms with Crippen molar-refractivity contribution in [2.75, 3.05) is 0 Å². The largest absolute Gasteiger partial charge is 0.321 e. The van der Waals surface area contributed by atoms with E-state index in [0.29, 0.717) is 0 Å². The molecule has 0 aromatic carbocycles. The molecule has 0 saturated carbocycles. The fourth-order valence-electron chi connectivity index (χ4n) is 1.78. The molecule has 1 aromatic heterocycles. The molecule has 0 bridgehead atoms. The third-order valence-corrected chi connectivity index (χ3v) is 5.21. The number of fused-ring (bicyclic) bond motifs is 1. The smallest absolute Gasteiger partial charge is 0.0458 e. The van der Waals surface area contributed by atoms with E-state index in [1.54, 1.807) is 4.88 Å². The molecule has 3 heteroatoms. The van der Waals surface area contributed by atoms with Crippen LogP contribution in [-0.4, -0.2) is 0 Å². The minimum atomic E-state index is -0.201. The first kappa shape index (κ1) is 9.69. The molecule has 0 saturated heterocycles. The molecular weight excluding hydrogens is 246 g/mol. The van der Waals surface area contributed by atoms with Gasteiger partial charge in [0, 0.05) is 19.8 Å². The van der Waals surface area contributed by atoms with Gasteiger partial charge in [-0.2, -0.15) is 0 Å². The highest BCUT2D eigenvalue weighted by molar-refractivity contribution is 9.10. The van der Waals surface area contributed by atoms with Crippen molar-refractivity contribution in [2.24, 2.45) is 5.73 Å². The van der Waals surface area contributed by atoms with E-state index in [4.69, 9.17) is 5.73 Å². The molecule has 0 spiro atoms. The molecule has 0 radical (unpaired) electrons. The Morgan fingerprint density at radius 2 is 2.08 bits per heavy atom. The molecule has 2 N–H and O–H groups in total. The van der Waals surface area contributed by atoms with Gasteiger partial charge >= 0.3 is 0 Å². The molecule has 1 aromatic rings. The predicted octanol–water partition coefficient (Wildman–Crippen LogP) is 3.19. The number of rotatable bonds is 1. The zero-order valence-corrected chi connectivity index (χ0v) is 10.4. The summed E-state index contributed by atoms with van der Waals surface area (Å²) in [5.74, 6) is 0. The van der Waals surface area contributed by atoms with Crippen LogP contribution < -0.4 is 5.73 Å². The van der Waals surface area contributed by atoms with E-state index in [1.807, 2.05) is 11.3 Å². The lowest BCUT2D eigenvalue weighted by atomic mass is 10.0. The molecule has 1 nitrogen and oxygen atoms in total. The normalized spacial score (nSPS) is 16.3. The highest BCUT2D eigenvalue weighted by atomic mass is 79.9. The van der Waals surface area contributed by atoms with Gasteiger partial charge in [-0.15, -0.1) is 11.3 Å².